The maximum absolute atomic E-state index is 13.1. The zero-order chi connectivity index (χ0) is 21.5. The van der Waals surface area contributed by atoms with E-state index in [9.17, 15) is 9.59 Å². The van der Waals surface area contributed by atoms with Gasteiger partial charge in [-0.25, -0.2) is 0 Å². The molecule has 1 atom stereocenters. The van der Waals surface area contributed by atoms with Crippen molar-refractivity contribution in [2.45, 2.75) is 59.4 Å². The maximum Gasteiger partial charge on any atom is 0.243 e. The standard InChI is InChI=1S/C25H32N2O3/c1-4-30-17-20-11-9-19(10-12-20)15-26-25(29)23-14-21-7-5-6-8-22(21)16-27(23)24(28)13-18(2)3/h5-12,18,23H,4,13-17H2,1-3H3,(H,26,29). The average Bonchev–Trinajstić information content (AvgIpc) is 2.75. The fourth-order valence-corrected chi connectivity index (χ4v) is 3.77. The molecule has 2 aromatic rings. The summed E-state index contributed by atoms with van der Waals surface area (Å²) in [5.74, 6) is 0.202. The molecule has 0 saturated heterocycles. The molecule has 0 fully saturated rings. The van der Waals surface area contributed by atoms with Crippen molar-refractivity contribution in [2.75, 3.05) is 6.61 Å². The van der Waals surface area contributed by atoms with Gasteiger partial charge in [0.05, 0.1) is 6.61 Å². The Balaban J connectivity index is 1.67. The zero-order valence-electron chi connectivity index (χ0n) is 18.2. The van der Waals surface area contributed by atoms with Gasteiger partial charge in [0.2, 0.25) is 11.8 Å². The molecule has 5 heteroatoms. The highest BCUT2D eigenvalue weighted by Gasteiger charge is 2.34. The van der Waals surface area contributed by atoms with Gasteiger partial charge in [-0.3, -0.25) is 9.59 Å². The highest BCUT2D eigenvalue weighted by atomic mass is 16.5. The van der Waals surface area contributed by atoms with Crippen molar-refractivity contribution < 1.29 is 14.3 Å². The average molecular weight is 409 g/mol. The highest BCUT2D eigenvalue weighted by Crippen LogP contribution is 2.25. The molecule has 0 aliphatic carbocycles. The van der Waals surface area contributed by atoms with Crippen LogP contribution in [0.25, 0.3) is 0 Å². The number of ether oxygens (including phenoxy) is 1. The van der Waals surface area contributed by atoms with E-state index in [0.717, 1.165) is 22.3 Å². The van der Waals surface area contributed by atoms with Crippen LogP contribution in [0.3, 0.4) is 0 Å². The molecule has 1 heterocycles. The fourth-order valence-electron chi connectivity index (χ4n) is 3.77. The molecule has 0 bridgehead atoms. The van der Waals surface area contributed by atoms with Gasteiger partial charge >= 0.3 is 0 Å². The van der Waals surface area contributed by atoms with Crippen LogP contribution in [0.2, 0.25) is 0 Å². The highest BCUT2D eigenvalue weighted by molar-refractivity contribution is 5.88. The normalized spacial score (nSPS) is 15.7. The summed E-state index contributed by atoms with van der Waals surface area (Å²) < 4.78 is 5.42. The van der Waals surface area contributed by atoms with Crippen LogP contribution in [0.4, 0.5) is 0 Å². The molecule has 3 rings (SSSR count). The lowest BCUT2D eigenvalue weighted by atomic mass is 9.92. The van der Waals surface area contributed by atoms with E-state index in [1.54, 1.807) is 4.90 Å². The summed E-state index contributed by atoms with van der Waals surface area (Å²) in [6.45, 7) is 8.25. The Morgan fingerprint density at radius 3 is 2.40 bits per heavy atom. The van der Waals surface area contributed by atoms with Crippen molar-refractivity contribution in [2.24, 2.45) is 5.92 Å². The summed E-state index contributed by atoms with van der Waals surface area (Å²) in [5, 5.41) is 3.04. The third-order valence-electron chi connectivity index (χ3n) is 5.42. The lowest BCUT2D eigenvalue weighted by molar-refractivity contribution is -0.142. The summed E-state index contributed by atoms with van der Waals surface area (Å²) in [4.78, 5) is 27.7. The minimum absolute atomic E-state index is 0.0416. The fraction of sp³-hybridized carbons (Fsp3) is 0.440. The molecule has 0 saturated carbocycles. The topological polar surface area (TPSA) is 58.6 Å². The van der Waals surface area contributed by atoms with E-state index in [1.807, 2.05) is 63.2 Å². The lowest BCUT2D eigenvalue weighted by Crippen LogP contribution is -2.52. The van der Waals surface area contributed by atoms with E-state index in [-0.39, 0.29) is 17.7 Å². The number of fused-ring (bicyclic) bond motifs is 1. The lowest BCUT2D eigenvalue weighted by Gasteiger charge is -2.36. The summed E-state index contributed by atoms with van der Waals surface area (Å²) in [7, 11) is 0. The monoisotopic (exact) mass is 408 g/mol. The van der Waals surface area contributed by atoms with Crippen LogP contribution >= 0.6 is 0 Å². The van der Waals surface area contributed by atoms with Crippen molar-refractivity contribution in [3.63, 3.8) is 0 Å². The first-order valence-electron chi connectivity index (χ1n) is 10.8. The summed E-state index contributed by atoms with van der Waals surface area (Å²) in [6.07, 6.45) is 1.01. The number of rotatable bonds is 8. The first-order chi connectivity index (χ1) is 14.5. The Morgan fingerprint density at radius 1 is 1.07 bits per heavy atom. The Morgan fingerprint density at radius 2 is 1.73 bits per heavy atom. The number of amides is 2. The molecule has 0 spiro atoms. The second-order valence-electron chi connectivity index (χ2n) is 8.28. The van der Waals surface area contributed by atoms with Crippen LogP contribution in [-0.4, -0.2) is 29.4 Å². The van der Waals surface area contributed by atoms with Gasteiger partial charge in [-0.05, 0) is 35.1 Å². The summed E-state index contributed by atoms with van der Waals surface area (Å²) in [6, 6.07) is 15.7. The molecule has 1 aliphatic heterocycles. The molecule has 0 radical (unpaired) electrons. The van der Waals surface area contributed by atoms with Crippen LogP contribution in [0.1, 0.15) is 49.4 Å². The molecule has 1 unspecified atom stereocenters. The van der Waals surface area contributed by atoms with Crippen LogP contribution in [0.5, 0.6) is 0 Å². The van der Waals surface area contributed by atoms with E-state index >= 15 is 0 Å². The van der Waals surface area contributed by atoms with Crippen LogP contribution in [0, 0.1) is 5.92 Å². The van der Waals surface area contributed by atoms with Gasteiger partial charge < -0.3 is 15.0 Å². The van der Waals surface area contributed by atoms with Gasteiger partial charge in [0, 0.05) is 32.5 Å². The molecule has 0 aromatic heterocycles. The van der Waals surface area contributed by atoms with E-state index in [4.69, 9.17) is 4.74 Å². The second kappa shape index (κ2) is 10.4. The Hall–Kier alpha value is -2.66. The molecular formula is C25H32N2O3. The van der Waals surface area contributed by atoms with Gasteiger partial charge in [0.15, 0.2) is 0 Å². The van der Waals surface area contributed by atoms with Crippen molar-refractivity contribution in [3.8, 4) is 0 Å². The van der Waals surface area contributed by atoms with Crippen molar-refractivity contribution in [3.05, 3.63) is 70.8 Å². The Kier molecular flexibility index (Phi) is 7.63. The number of benzene rings is 2. The summed E-state index contributed by atoms with van der Waals surface area (Å²) in [5.41, 5.74) is 4.41. The van der Waals surface area contributed by atoms with Gasteiger partial charge in [-0.2, -0.15) is 0 Å². The van der Waals surface area contributed by atoms with Crippen molar-refractivity contribution in [1.82, 2.24) is 10.2 Å². The molecule has 160 valence electrons. The van der Waals surface area contributed by atoms with Gasteiger partial charge in [0.25, 0.3) is 0 Å². The minimum atomic E-state index is -0.469. The minimum Gasteiger partial charge on any atom is -0.377 e. The van der Waals surface area contributed by atoms with E-state index in [1.165, 1.54) is 0 Å². The Labute approximate surface area is 179 Å². The molecule has 2 amide bonds. The zero-order valence-corrected chi connectivity index (χ0v) is 18.2. The number of nitrogens with one attached hydrogen (secondary N) is 1. The van der Waals surface area contributed by atoms with Crippen molar-refractivity contribution in [1.29, 1.82) is 0 Å². The summed E-state index contributed by atoms with van der Waals surface area (Å²) >= 11 is 0. The number of nitrogens with zero attached hydrogens (tertiary/aromatic N) is 1. The number of hydrogen-bond donors (Lipinski definition) is 1. The third kappa shape index (κ3) is 5.70. The predicted molar refractivity (Wildman–Crippen MR) is 118 cm³/mol. The van der Waals surface area contributed by atoms with Gasteiger partial charge in [-0.1, -0.05) is 62.4 Å². The largest absolute Gasteiger partial charge is 0.377 e. The molecule has 5 nitrogen and oxygen atoms in total. The number of carbonyl (C=O) groups is 2. The van der Waals surface area contributed by atoms with Crippen LogP contribution in [0.15, 0.2) is 48.5 Å². The van der Waals surface area contributed by atoms with E-state index in [2.05, 4.69) is 11.4 Å². The SMILES string of the molecule is CCOCc1ccc(CNC(=O)C2Cc3ccccc3CN2C(=O)CC(C)C)cc1. The van der Waals surface area contributed by atoms with Crippen LogP contribution in [-0.2, 0) is 40.4 Å². The number of carbonyl (C=O) groups excluding carboxylic acids is 2. The quantitative estimate of drug-likeness (QED) is 0.722. The molecule has 30 heavy (non-hydrogen) atoms. The molecule has 1 aliphatic rings. The Bertz CT molecular complexity index is 861. The third-order valence-corrected chi connectivity index (χ3v) is 5.42. The van der Waals surface area contributed by atoms with Gasteiger partial charge in [0.1, 0.15) is 6.04 Å². The maximum atomic E-state index is 13.1. The first-order valence-corrected chi connectivity index (χ1v) is 10.8. The first kappa shape index (κ1) is 22.0. The molecule has 2 aromatic carbocycles. The van der Waals surface area contributed by atoms with E-state index < -0.39 is 6.04 Å². The van der Waals surface area contributed by atoms with Crippen molar-refractivity contribution >= 4 is 11.8 Å². The van der Waals surface area contributed by atoms with Gasteiger partial charge in [-0.15, -0.1) is 0 Å². The predicted octanol–water partition coefficient (Wildman–Crippen LogP) is 3.84. The van der Waals surface area contributed by atoms with E-state index in [0.29, 0.717) is 39.1 Å². The number of hydrogen-bond acceptors (Lipinski definition) is 3. The molecule has 1 N–H and O–H groups in total. The van der Waals surface area contributed by atoms with Crippen LogP contribution < -0.4 is 5.32 Å². The smallest absolute Gasteiger partial charge is 0.243 e. The molecular weight excluding hydrogens is 376 g/mol. The second-order valence-corrected chi connectivity index (χ2v) is 8.28.